The molecule has 1 atom stereocenters. The summed E-state index contributed by atoms with van der Waals surface area (Å²) in [6.07, 6.45) is 2.65. The Morgan fingerprint density at radius 3 is 3.00 bits per heavy atom. The number of aryl methyl sites for hydroxylation is 2. The molecule has 6 nitrogen and oxygen atoms in total. The lowest BCUT2D eigenvalue weighted by molar-refractivity contribution is -0.122. The highest BCUT2D eigenvalue weighted by Crippen LogP contribution is 2.24. The van der Waals surface area contributed by atoms with E-state index in [4.69, 9.17) is 9.15 Å². The van der Waals surface area contributed by atoms with Gasteiger partial charge in [0, 0.05) is 41.6 Å². The van der Waals surface area contributed by atoms with Crippen molar-refractivity contribution < 1.29 is 13.9 Å². The number of hydrogen-bond acceptors (Lipinski definition) is 4. The van der Waals surface area contributed by atoms with Crippen molar-refractivity contribution in [2.75, 3.05) is 32.8 Å². The first-order chi connectivity index (χ1) is 16.1. The summed E-state index contributed by atoms with van der Waals surface area (Å²) in [4.78, 5) is 18.3. The van der Waals surface area contributed by atoms with E-state index in [-0.39, 0.29) is 5.91 Å². The van der Waals surface area contributed by atoms with Gasteiger partial charge in [0.1, 0.15) is 5.58 Å². The predicted molar refractivity (Wildman–Crippen MR) is 130 cm³/mol. The Hall–Kier alpha value is -3.09. The Kier molecular flexibility index (Phi) is 6.20. The molecule has 0 unspecified atom stereocenters. The van der Waals surface area contributed by atoms with Crippen LogP contribution in [0, 0.1) is 19.8 Å². The van der Waals surface area contributed by atoms with E-state index >= 15 is 0 Å². The molecule has 1 fully saturated rings. The van der Waals surface area contributed by atoms with Gasteiger partial charge in [0.15, 0.2) is 0 Å². The van der Waals surface area contributed by atoms with Crippen molar-refractivity contribution in [1.82, 2.24) is 15.2 Å². The van der Waals surface area contributed by atoms with E-state index in [0.717, 1.165) is 41.6 Å². The number of nitrogens with zero attached hydrogens (tertiary/aromatic N) is 1. The summed E-state index contributed by atoms with van der Waals surface area (Å²) in [5.74, 6) is 0.387. The second-order valence-electron chi connectivity index (χ2n) is 9.16. The number of ether oxygens (including phenoxy) is 1. The average Bonchev–Trinajstić information content (AvgIpc) is 3.32. The first-order valence-electron chi connectivity index (χ1n) is 11.7. The fraction of sp³-hybridized carbons (Fsp3) is 0.370. The normalized spacial score (nSPS) is 17.5. The Morgan fingerprint density at radius 1 is 1.18 bits per heavy atom. The van der Waals surface area contributed by atoms with Crippen LogP contribution in [0.2, 0.25) is 0 Å². The Labute approximate surface area is 193 Å². The highest BCUT2D eigenvalue weighted by Gasteiger charge is 2.22. The third-order valence-electron chi connectivity index (χ3n) is 6.75. The molecule has 4 aromatic rings. The van der Waals surface area contributed by atoms with Crippen molar-refractivity contribution >= 4 is 27.8 Å². The van der Waals surface area contributed by atoms with Crippen molar-refractivity contribution in [3.05, 3.63) is 71.1 Å². The molecule has 1 aliphatic rings. The second kappa shape index (κ2) is 9.41. The summed E-state index contributed by atoms with van der Waals surface area (Å²) < 4.78 is 11.4. The van der Waals surface area contributed by atoms with Gasteiger partial charge in [-0.3, -0.25) is 9.69 Å². The standard InChI is InChI=1S/C27H31N3O3/c1-18-19(2)29-25-7-6-20(13-24(18)25)14-28-27(31)16-30-9-11-32-17-21(15-30)12-22-4-3-5-26-23(22)8-10-33-26/h3-8,10,13,21,29H,9,11-12,14-17H2,1-2H3,(H,28,31)/t21-/m1/s1. The van der Waals surface area contributed by atoms with Crippen LogP contribution in [0.5, 0.6) is 0 Å². The fourth-order valence-corrected chi connectivity index (χ4v) is 4.84. The minimum Gasteiger partial charge on any atom is -0.464 e. The molecule has 1 amide bonds. The van der Waals surface area contributed by atoms with Gasteiger partial charge in [0.2, 0.25) is 5.91 Å². The predicted octanol–water partition coefficient (Wildman–Crippen LogP) is 4.34. The highest BCUT2D eigenvalue weighted by molar-refractivity contribution is 5.85. The van der Waals surface area contributed by atoms with Gasteiger partial charge in [-0.25, -0.2) is 0 Å². The maximum absolute atomic E-state index is 12.7. The fourth-order valence-electron chi connectivity index (χ4n) is 4.84. The first-order valence-corrected chi connectivity index (χ1v) is 11.7. The van der Waals surface area contributed by atoms with Crippen LogP contribution in [0.1, 0.15) is 22.4 Å². The van der Waals surface area contributed by atoms with Gasteiger partial charge < -0.3 is 19.5 Å². The van der Waals surface area contributed by atoms with Gasteiger partial charge in [0.05, 0.1) is 26.0 Å². The Morgan fingerprint density at radius 2 is 2.09 bits per heavy atom. The lowest BCUT2D eigenvalue weighted by atomic mass is 9.97. The third kappa shape index (κ3) is 4.82. The SMILES string of the molecule is Cc1[nH]c2ccc(CNC(=O)CN3CCOC[C@H](Cc4cccc5occc45)C3)cc2c1C. The minimum atomic E-state index is 0.0506. The van der Waals surface area contributed by atoms with E-state index in [1.54, 1.807) is 6.26 Å². The number of carbonyl (C=O) groups is 1. The van der Waals surface area contributed by atoms with Gasteiger partial charge in [0.25, 0.3) is 0 Å². The summed E-state index contributed by atoms with van der Waals surface area (Å²) in [5, 5.41) is 5.48. The topological polar surface area (TPSA) is 70.5 Å². The van der Waals surface area contributed by atoms with E-state index < -0.39 is 0 Å². The quantitative estimate of drug-likeness (QED) is 0.463. The molecule has 1 aliphatic heterocycles. The molecule has 5 rings (SSSR count). The summed E-state index contributed by atoms with van der Waals surface area (Å²) in [7, 11) is 0. The number of aromatic nitrogens is 1. The molecule has 33 heavy (non-hydrogen) atoms. The molecule has 2 N–H and O–H groups in total. The summed E-state index contributed by atoms with van der Waals surface area (Å²) in [6, 6.07) is 14.6. The van der Waals surface area contributed by atoms with Crippen LogP contribution in [0.3, 0.4) is 0 Å². The molecular formula is C27H31N3O3. The van der Waals surface area contributed by atoms with Crippen LogP contribution >= 0.6 is 0 Å². The molecule has 0 spiro atoms. The van der Waals surface area contributed by atoms with Crippen LogP contribution in [-0.2, 0) is 22.5 Å². The maximum atomic E-state index is 12.7. The van der Waals surface area contributed by atoms with Crippen LogP contribution in [-0.4, -0.2) is 48.6 Å². The number of amides is 1. The zero-order valence-electron chi connectivity index (χ0n) is 19.3. The van der Waals surface area contributed by atoms with E-state index in [9.17, 15) is 4.79 Å². The van der Waals surface area contributed by atoms with Crippen LogP contribution in [0.25, 0.3) is 21.9 Å². The number of aromatic amines is 1. The Bertz CT molecular complexity index is 1270. The molecular weight excluding hydrogens is 414 g/mol. The molecule has 2 aromatic heterocycles. The number of H-pyrrole nitrogens is 1. The number of rotatable bonds is 6. The van der Waals surface area contributed by atoms with Crippen LogP contribution in [0.15, 0.2) is 53.1 Å². The largest absolute Gasteiger partial charge is 0.464 e. The lowest BCUT2D eigenvalue weighted by Gasteiger charge is -2.23. The molecule has 0 radical (unpaired) electrons. The molecule has 1 saturated heterocycles. The zero-order valence-corrected chi connectivity index (χ0v) is 19.3. The number of hydrogen-bond donors (Lipinski definition) is 2. The third-order valence-corrected chi connectivity index (χ3v) is 6.75. The molecule has 0 saturated carbocycles. The summed E-state index contributed by atoms with van der Waals surface area (Å²) >= 11 is 0. The molecule has 3 heterocycles. The van der Waals surface area contributed by atoms with E-state index in [1.807, 2.05) is 18.2 Å². The van der Waals surface area contributed by atoms with Crippen LogP contribution < -0.4 is 5.32 Å². The average molecular weight is 446 g/mol. The molecule has 2 aromatic carbocycles. The van der Waals surface area contributed by atoms with Crippen molar-refractivity contribution in [3.8, 4) is 0 Å². The minimum absolute atomic E-state index is 0.0506. The van der Waals surface area contributed by atoms with Crippen molar-refractivity contribution in [3.63, 3.8) is 0 Å². The number of fused-ring (bicyclic) bond motifs is 2. The van der Waals surface area contributed by atoms with E-state index in [1.165, 1.54) is 22.2 Å². The maximum Gasteiger partial charge on any atom is 0.234 e. The number of benzene rings is 2. The van der Waals surface area contributed by atoms with E-state index in [2.05, 4.69) is 53.3 Å². The number of furan rings is 1. The van der Waals surface area contributed by atoms with Gasteiger partial charge in [-0.15, -0.1) is 0 Å². The van der Waals surface area contributed by atoms with Crippen LogP contribution in [0.4, 0.5) is 0 Å². The van der Waals surface area contributed by atoms with Gasteiger partial charge in [-0.1, -0.05) is 18.2 Å². The Balaban J connectivity index is 1.18. The van der Waals surface area contributed by atoms with E-state index in [0.29, 0.717) is 32.2 Å². The molecule has 0 aliphatic carbocycles. The monoisotopic (exact) mass is 445 g/mol. The van der Waals surface area contributed by atoms with Crippen molar-refractivity contribution in [2.24, 2.45) is 5.92 Å². The number of nitrogens with one attached hydrogen (secondary N) is 2. The zero-order chi connectivity index (χ0) is 22.8. The number of carbonyl (C=O) groups excluding carboxylic acids is 1. The van der Waals surface area contributed by atoms with Crippen molar-refractivity contribution in [1.29, 1.82) is 0 Å². The summed E-state index contributed by atoms with van der Waals surface area (Å²) in [6.45, 7) is 8.12. The molecule has 6 heteroatoms. The smallest absolute Gasteiger partial charge is 0.234 e. The summed E-state index contributed by atoms with van der Waals surface area (Å²) in [5.41, 5.74) is 6.89. The van der Waals surface area contributed by atoms with Crippen molar-refractivity contribution in [2.45, 2.75) is 26.8 Å². The lowest BCUT2D eigenvalue weighted by Crippen LogP contribution is -2.40. The molecule has 172 valence electrons. The first kappa shape index (κ1) is 21.7. The van der Waals surface area contributed by atoms with Gasteiger partial charge in [-0.05, 0) is 67.1 Å². The highest BCUT2D eigenvalue weighted by atomic mass is 16.5. The molecule has 0 bridgehead atoms. The van der Waals surface area contributed by atoms with Gasteiger partial charge >= 0.3 is 0 Å². The van der Waals surface area contributed by atoms with Gasteiger partial charge in [-0.2, -0.15) is 0 Å². The second-order valence-corrected chi connectivity index (χ2v) is 9.16.